The van der Waals surface area contributed by atoms with Gasteiger partial charge in [0.2, 0.25) is 11.8 Å². The van der Waals surface area contributed by atoms with E-state index in [4.69, 9.17) is 23.9 Å². The number of rotatable bonds is 15. The minimum atomic E-state index is -0.402. The Morgan fingerprint density at radius 3 is 2.13 bits per heavy atom. The summed E-state index contributed by atoms with van der Waals surface area (Å²) in [7, 11) is 4.40. The quantitative estimate of drug-likeness (QED) is 0.0806. The van der Waals surface area contributed by atoms with Gasteiger partial charge in [0.25, 0.3) is 11.8 Å². The molecule has 0 fully saturated rings. The van der Waals surface area contributed by atoms with Crippen LogP contribution in [0.2, 0.25) is 0 Å². The maximum absolute atomic E-state index is 14.2. The number of ether oxygens (including phenoxy) is 4. The van der Waals surface area contributed by atoms with E-state index < -0.39 is 5.91 Å². The molecule has 2 atom stereocenters. The highest BCUT2D eigenvalue weighted by Crippen LogP contribution is 2.43. The minimum absolute atomic E-state index is 0.00400. The third kappa shape index (κ3) is 9.31. The Labute approximate surface area is 400 Å². The molecule has 0 spiro atoms. The molecular formula is C53H54N4O8S2. The molecule has 4 aliphatic rings. The molecule has 0 bridgehead atoms. The number of amides is 4. The topological polar surface area (TPSA) is 127 Å². The summed E-state index contributed by atoms with van der Waals surface area (Å²) in [5.74, 6) is 0.435. The summed E-state index contributed by atoms with van der Waals surface area (Å²) in [6.07, 6.45) is 5.46. The normalized spacial score (nSPS) is 16.8. The summed E-state index contributed by atoms with van der Waals surface area (Å²) < 4.78 is 23.8. The molecule has 0 N–H and O–H groups in total. The van der Waals surface area contributed by atoms with E-state index in [1.807, 2.05) is 92.5 Å². The number of thiol groups is 1. The predicted octanol–water partition coefficient (Wildman–Crippen LogP) is 10.00. The van der Waals surface area contributed by atoms with Crippen molar-refractivity contribution >= 4 is 75.0 Å². The Morgan fingerprint density at radius 1 is 0.776 bits per heavy atom. The van der Waals surface area contributed by atoms with Gasteiger partial charge in [0.1, 0.15) is 19.0 Å². The van der Waals surface area contributed by atoms with Gasteiger partial charge in [-0.1, -0.05) is 47.2 Å². The largest absolute Gasteiger partial charge is 0.493 e. The first-order valence-electron chi connectivity index (χ1n) is 22.6. The lowest BCUT2D eigenvalue weighted by molar-refractivity contribution is -0.127. The van der Waals surface area contributed by atoms with Gasteiger partial charge in [-0.05, 0) is 128 Å². The highest BCUT2D eigenvalue weighted by atomic mass is 33.1. The van der Waals surface area contributed by atoms with Crippen molar-refractivity contribution in [1.29, 1.82) is 0 Å². The first-order chi connectivity index (χ1) is 32.4. The second-order valence-corrected chi connectivity index (χ2v) is 20.0. The van der Waals surface area contributed by atoms with Crippen molar-refractivity contribution in [2.24, 2.45) is 4.99 Å². The highest BCUT2D eigenvalue weighted by molar-refractivity contribution is 8.69. The third-order valence-electron chi connectivity index (χ3n) is 13.1. The number of fused-ring (bicyclic) bond motifs is 8. The highest BCUT2D eigenvalue weighted by Gasteiger charge is 2.39. The standard InChI is InChI=1S/C53H54N4O8S2/c1-32-20-41-35(14-15-38-24-36-10-6-8-12-44(36)55(38)51(41)60)26-46(32)64-30-33-21-34(23-39(22-33)57(50(59)17-19-62-4)49(58)16-18-53(2,3)67-66)31-65-48-28-43-42(27-47(48)63-5)52(61)56-40(29-54-43)25-37-11-7-9-13-45(37)56/h6-13,20-23,26-29,38,40,66H,14-19,24-25,30-31H2,1-5H3/t38-,40+/m1/s1. The number of benzene rings is 5. The predicted molar refractivity (Wildman–Crippen MR) is 266 cm³/mol. The Hall–Kier alpha value is -6.09. The first kappa shape index (κ1) is 46.0. The van der Waals surface area contributed by atoms with Crippen LogP contribution in [0.25, 0.3) is 0 Å². The molecule has 5 aromatic rings. The zero-order chi connectivity index (χ0) is 47.0. The maximum atomic E-state index is 14.2. The van der Waals surface area contributed by atoms with Gasteiger partial charge in [0.05, 0.1) is 43.1 Å². The van der Waals surface area contributed by atoms with E-state index in [9.17, 15) is 19.2 Å². The van der Waals surface area contributed by atoms with Gasteiger partial charge in [-0.3, -0.25) is 34.0 Å². The first-order valence-corrected chi connectivity index (χ1v) is 24.5. The number of nitrogens with zero attached hydrogens (tertiary/aromatic N) is 4. The lowest BCUT2D eigenvalue weighted by Gasteiger charge is -2.26. The van der Waals surface area contributed by atoms with Crippen LogP contribution in [0.5, 0.6) is 17.2 Å². The number of aliphatic imine (C=N–C) groups is 1. The fourth-order valence-corrected chi connectivity index (χ4v) is 10.0. The number of hydrogen-bond donors (Lipinski definition) is 1. The van der Waals surface area contributed by atoms with Crippen molar-refractivity contribution in [2.75, 3.05) is 35.5 Å². The second-order valence-electron chi connectivity index (χ2n) is 18.2. The van der Waals surface area contributed by atoms with Crippen LogP contribution in [-0.4, -0.2) is 67.5 Å². The molecule has 67 heavy (non-hydrogen) atoms. The molecule has 12 nitrogen and oxygen atoms in total. The molecule has 4 amide bonds. The number of para-hydroxylation sites is 2. The zero-order valence-electron chi connectivity index (χ0n) is 38.4. The van der Waals surface area contributed by atoms with Gasteiger partial charge in [0.15, 0.2) is 11.5 Å². The van der Waals surface area contributed by atoms with Crippen LogP contribution in [0, 0.1) is 6.92 Å². The lowest BCUT2D eigenvalue weighted by atomic mass is 9.98. The number of hydrogen-bond acceptors (Lipinski definition) is 11. The zero-order valence-corrected chi connectivity index (χ0v) is 40.1. The van der Waals surface area contributed by atoms with E-state index in [1.165, 1.54) is 35.5 Å². The summed E-state index contributed by atoms with van der Waals surface area (Å²) in [5, 5.41) is 0. The van der Waals surface area contributed by atoms with Crippen molar-refractivity contribution < 1.29 is 38.1 Å². The molecule has 346 valence electrons. The van der Waals surface area contributed by atoms with E-state index >= 15 is 0 Å². The maximum Gasteiger partial charge on any atom is 0.261 e. The number of anilines is 3. The van der Waals surface area contributed by atoms with E-state index in [2.05, 4.69) is 17.7 Å². The van der Waals surface area contributed by atoms with Crippen LogP contribution in [0.3, 0.4) is 0 Å². The third-order valence-corrected chi connectivity index (χ3v) is 15.3. The molecule has 0 radical (unpaired) electrons. The van der Waals surface area contributed by atoms with Crippen LogP contribution in [0.4, 0.5) is 22.7 Å². The molecule has 5 aromatic carbocycles. The van der Waals surface area contributed by atoms with E-state index in [0.29, 0.717) is 63.7 Å². The number of imide groups is 1. The van der Waals surface area contributed by atoms with Crippen molar-refractivity contribution in [3.05, 3.63) is 136 Å². The summed E-state index contributed by atoms with van der Waals surface area (Å²) in [4.78, 5) is 66.1. The second kappa shape index (κ2) is 19.3. The monoisotopic (exact) mass is 938 g/mol. The number of carbonyl (C=O) groups excluding carboxylic acids is 4. The molecule has 9 rings (SSSR count). The summed E-state index contributed by atoms with van der Waals surface area (Å²) in [5.41, 5.74) is 9.14. The van der Waals surface area contributed by atoms with Gasteiger partial charge in [-0.25, -0.2) is 0 Å². The van der Waals surface area contributed by atoms with Crippen LogP contribution >= 0.6 is 22.5 Å². The average Bonchev–Trinajstić information content (AvgIpc) is 3.82. The van der Waals surface area contributed by atoms with Gasteiger partial charge in [0, 0.05) is 60.0 Å². The molecular weight excluding hydrogens is 885 g/mol. The molecule has 4 aliphatic heterocycles. The SMILES string of the molecule is COCCC(=O)N(C(=O)CCC(C)(C)SS)c1cc(COc2cc3c(cc2C)C(=O)N2c4ccccc4C[C@H]2CC3)cc(COc2cc3c(cc2OC)C(=O)N2c4ccccc4C[C@H]2C=N3)c1. The van der Waals surface area contributed by atoms with E-state index in [0.717, 1.165) is 47.3 Å². The molecule has 14 heteroatoms. The number of aryl methyl sites for hydroxylation is 2. The number of methoxy groups -OCH3 is 2. The van der Waals surface area contributed by atoms with Crippen LogP contribution in [0.15, 0.2) is 96.0 Å². The lowest BCUT2D eigenvalue weighted by Crippen LogP contribution is -2.38. The van der Waals surface area contributed by atoms with Gasteiger partial charge in [-0.15, -0.1) is 11.7 Å². The Bertz CT molecular complexity index is 2810. The number of carbonyl (C=O) groups is 4. The van der Waals surface area contributed by atoms with Crippen molar-refractivity contribution in [3.8, 4) is 17.2 Å². The van der Waals surface area contributed by atoms with Crippen molar-refractivity contribution in [3.63, 3.8) is 0 Å². The van der Waals surface area contributed by atoms with Crippen molar-refractivity contribution in [2.45, 2.75) is 95.8 Å². The summed E-state index contributed by atoms with van der Waals surface area (Å²) in [6.45, 7) is 6.18. The molecule has 0 aliphatic carbocycles. The van der Waals surface area contributed by atoms with Crippen molar-refractivity contribution in [1.82, 2.24) is 0 Å². The van der Waals surface area contributed by atoms with Gasteiger partial charge >= 0.3 is 0 Å². The van der Waals surface area contributed by atoms with Crippen LogP contribution in [0.1, 0.15) is 93.6 Å². The average molecular weight is 939 g/mol. The smallest absolute Gasteiger partial charge is 0.261 e. The molecule has 0 aromatic heterocycles. The van der Waals surface area contributed by atoms with Crippen LogP contribution in [-0.2, 0) is 46.8 Å². The fraction of sp³-hybridized carbons (Fsp3) is 0.340. The molecule has 4 heterocycles. The Kier molecular flexibility index (Phi) is 13.2. The molecule has 0 saturated heterocycles. The summed E-state index contributed by atoms with van der Waals surface area (Å²) in [6, 6.07) is 28.7. The Morgan fingerprint density at radius 2 is 1.43 bits per heavy atom. The van der Waals surface area contributed by atoms with Crippen LogP contribution < -0.4 is 28.9 Å². The fourth-order valence-electron chi connectivity index (χ4n) is 9.55. The molecule has 0 saturated carbocycles. The van der Waals surface area contributed by atoms with Gasteiger partial charge < -0.3 is 23.8 Å². The van der Waals surface area contributed by atoms with E-state index in [-0.39, 0.29) is 67.2 Å². The Balaban J connectivity index is 1.02. The van der Waals surface area contributed by atoms with E-state index in [1.54, 1.807) is 29.2 Å². The summed E-state index contributed by atoms with van der Waals surface area (Å²) >= 11 is 4.42. The molecule has 0 unspecified atom stereocenters. The minimum Gasteiger partial charge on any atom is -0.493 e. The van der Waals surface area contributed by atoms with Gasteiger partial charge in [-0.2, -0.15) is 0 Å².